The van der Waals surface area contributed by atoms with E-state index in [1.807, 2.05) is 17.0 Å². The van der Waals surface area contributed by atoms with Gasteiger partial charge in [-0.05, 0) is 50.4 Å². The van der Waals surface area contributed by atoms with E-state index in [4.69, 9.17) is 4.52 Å². The van der Waals surface area contributed by atoms with Crippen molar-refractivity contribution >= 4 is 5.91 Å². The van der Waals surface area contributed by atoms with E-state index in [0.29, 0.717) is 11.5 Å². The average molecular weight is 357 g/mol. The van der Waals surface area contributed by atoms with E-state index < -0.39 is 0 Å². The lowest BCUT2D eigenvalue weighted by Crippen LogP contribution is -2.45. The van der Waals surface area contributed by atoms with Crippen LogP contribution in [0.1, 0.15) is 41.1 Å². The number of aryl methyl sites for hydroxylation is 1. The fraction of sp³-hybridized carbons (Fsp3) is 0.500. The van der Waals surface area contributed by atoms with Crippen LogP contribution >= 0.6 is 0 Å². The van der Waals surface area contributed by atoms with Crippen molar-refractivity contribution in [2.75, 3.05) is 26.2 Å². The Balaban J connectivity index is 1.40. The van der Waals surface area contributed by atoms with Crippen LogP contribution in [0.2, 0.25) is 0 Å². The minimum atomic E-state index is -0.197. The molecule has 1 atom stereocenters. The number of amides is 1. The number of carbonyl (C=O) groups is 1. The molecule has 1 amide bonds. The molecule has 0 N–H and O–H groups in total. The van der Waals surface area contributed by atoms with Gasteiger partial charge in [0.2, 0.25) is 0 Å². The first-order valence-corrected chi connectivity index (χ1v) is 9.22. The normalized spacial score (nSPS) is 23.7. The molecule has 1 unspecified atom stereocenters. The van der Waals surface area contributed by atoms with Gasteiger partial charge in [-0.15, -0.1) is 0 Å². The number of hydrogen-bond donors (Lipinski definition) is 0. The van der Waals surface area contributed by atoms with Crippen LogP contribution in [0.5, 0.6) is 0 Å². The quantitative estimate of drug-likeness (QED) is 0.846. The van der Waals surface area contributed by atoms with Gasteiger partial charge in [-0.1, -0.05) is 17.3 Å². The molecule has 2 aliphatic rings. The van der Waals surface area contributed by atoms with Gasteiger partial charge < -0.3 is 9.42 Å². The van der Waals surface area contributed by atoms with Crippen molar-refractivity contribution in [1.82, 2.24) is 15.0 Å². The van der Waals surface area contributed by atoms with E-state index in [9.17, 15) is 9.18 Å². The summed E-state index contributed by atoms with van der Waals surface area (Å²) >= 11 is 0. The minimum Gasteiger partial charge on any atom is -0.361 e. The number of likely N-dealkylation sites (tertiary alicyclic amines) is 2. The second-order valence-electron chi connectivity index (χ2n) is 7.74. The Labute approximate surface area is 152 Å². The van der Waals surface area contributed by atoms with E-state index in [1.54, 1.807) is 13.0 Å². The molecular formula is C20H24FN3O2. The lowest BCUT2D eigenvalue weighted by atomic mass is 9.79. The summed E-state index contributed by atoms with van der Waals surface area (Å²) in [4.78, 5) is 17.0. The maximum Gasteiger partial charge on any atom is 0.276 e. The van der Waals surface area contributed by atoms with Crippen LogP contribution in [0.15, 0.2) is 34.9 Å². The molecule has 2 aliphatic heterocycles. The summed E-state index contributed by atoms with van der Waals surface area (Å²) in [5.74, 6) is 0.427. The Morgan fingerprint density at radius 3 is 2.77 bits per heavy atom. The maximum atomic E-state index is 13.1. The largest absolute Gasteiger partial charge is 0.361 e. The second kappa shape index (κ2) is 6.83. The predicted octanol–water partition coefficient (Wildman–Crippen LogP) is 3.25. The van der Waals surface area contributed by atoms with Gasteiger partial charge in [0.15, 0.2) is 5.69 Å². The van der Waals surface area contributed by atoms with Gasteiger partial charge in [0.1, 0.15) is 11.6 Å². The van der Waals surface area contributed by atoms with Gasteiger partial charge in [0.25, 0.3) is 5.91 Å². The number of nitrogens with zero attached hydrogens (tertiary/aromatic N) is 3. The number of benzene rings is 1. The van der Waals surface area contributed by atoms with E-state index >= 15 is 0 Å². The van der Waals surface area contributed by atoms with Crippen molar-refractivity contribution in [3.05, 3.63) is 53.2 Å². The summed E-state index contributed by atoms with van der Waals surface area (Å²) < 4.78 is 18.1. The van der Waals surface area contributed by atoms with Gasteiger partial charge in [0, 0.05) is 37.7 Å². The van der Waals surface area contributed by atoms with Crippen molar-refractivity contribution in [2.24, 2.45) is 5.41 Å². The van der Waals surface area contributed by atoms with E-state index in [0.717, 1.165) is 57.5 Å². The summed E-state index contributed by atoms with van der Waals surface area (Å²) in [5.41, 5.74) is 1.69. The van der Waals surface area contributed by atoms with E-state index in [1.165, 1.54) is 12.1 Å². The lowest BCUT2D eigenvalue weighted by molar-refractivity contribution is 0.0667. The molecule has 5 nitrogen and oxygen atoms in total. The fourth-order valence-corrected chi connectivity index (χ4v) is 4.36. The first-order valence-electron chi connectivity index (χ1n) is 9.22. The third kappa shape index (κ3) is 3.51. The predicted molar refractivity (Wildman–Crippen MR) is 95.1 cm³/mol. The molecule has 2 aromatic rings. The number of hydrogen-bond acceptors (Lipinski definition) is 4. The second-order valence-corrected chi connectivity index (χ2v) is 7.74. The Hall–Kier alpha value is -2.21. The fourth-order valence-electron chi connectivity index (χ4n) is 4.36. The monoisotopic (exact) mass is 357 g/mol. The summed E-state index contributed by atoms with van der Waals surface area (Å²) in [6, 6.07) is 8.45. The van der Waals surface area contributed by atoms with Crippen molar-refractivity contribution < 1.29 is 13.7 Å². The first kappa shape index (κ1) is 17.2. The van der Waals surface area contributed by atoms with Crippen molar-refractivity contribution in [3.8, 4) is 0 Å². The van der Waals surface area contributed by atoms with Crippen molar-refractivity contribution in [2.45, 2.75) is 32.7 Å². The SMILES string of the molecule is Cc1cc(C(=O)N2CCC3(CCCN(Cc4ccc(F)cc4)C3)C2)no1. The summed E-state index contributed by atoms with van der Waals surface area (Å²) in [6.45, 7) is 6.20. The number of piperidine rings is 1. The summed E-state index contributed by atoms with van der Waals surface area (Å²) in [6.07, 6.45) is 3.30. The summed E-state index contributed by atoms with van der Waals surface area (Å²) in [7, 11) is 0. The van der Waals surface area contributed by atoms with Crippen LogP contribution in [-0.4, -0.2) is 47.0 Å². The average Bonchev–Trinajstić information content (AvgIpc) is 3.23. The summed E-state index contributed by atoms with van der Waals surface area (Å²) in [5, 5.41) is 3.86. The third-order valence-electron chi connectivity index (χ3n) is 5.63. The zero-order valence-corrected chi connectivity index (χ0v) is 15.1. The molecule has 6 heteroatoms. The molecule has 4 rings (SSSR count). The first-order chi connectivity index (χ1) is 12.5. The van der Waals surface area contributed by atoms with E-state index in [-0.39, 0.29) is 17.1 Å². The Morgan fingerprint density at radius 2 is 2.04 bits per heavy atom. The molecular weight excluding hydrogens is 333 g/mol. The standard InChI is InChI=1S/C20H24FN3O2/c1-15-11-18(22-26-15)19(25)24-10-8-20(14-24)7-2-9-23(13-20)12-16-3-5-17(21)6-4-16/h3-6,11H,2,7-10,12-14H2,1H3. The smallest absolute Gasteiger partial charge is 0.276 e. The topological polar surface area (TPSA) is 49.6 Å². The number of rotatable bonds is 3. The highest BCUT2D eigenvalue weighted by Gasteiger charge is 2.43. The number of carbonyl (C=O) groups excluding carboxylic acids is 1. The highest BCUT2D eigenvalue weighted by Crippen LogP contribution is 2.39. The molecule has 0 aliphatic carbocycles. The molecule has 2 saturated heterocycles. The lowest BCUT2D eigenvalue weighted by Gasteiger charge is -2.40. The molecule has 1 aromatic carbocycles. The van der Waals surface area contributed by atoms with Crippen LogP contribution in [0, 0.1) is 18.2 Å². The molecule has 0 bridgehead atoms. The zero-order valence-electron chi connectivity index (χ0n) is 15.1. The van der Waals surface area contributed by atoms with E-state index in [2.05, 4.69) is 10.1 Å². The van der Waals surface area contributed by atoms with Gasteiger partial charge in [-0.25, -0.2) is 4.39 Å². The number of halogens is 1. The maximum absolute atomic E-state index is 13.1. The highest BCUT2D eigenvalue weighted by atomic mass is 19.1. The highest BCUT2D eigenvalue weighted by molar-refractivity contribution is 5.92. The van der Waals surface area contributed by atoms with Gasteiger partial charge in [-0.2, -0.15) is 0 Å². The minimum absolute atomic E-state index is 0.0330. The zero-order chi connectivity index (χ0) is 18.1. The van der Waals surface area contributed by atoms with Crippen LogP contribution in [0.25, 0.3) is 0 Å². The van der Waals surface area contributed by atoms with Crippen LogP contribution in [-0.2, 0) is 6.54 Å². The molecule has 0 saturated carbocycles. The Bertz CT molecular complexity index is 789. The molecule has 26 heavy (non-hydrogen) atoms. The molecule has 0 radical (unpaired) electrons. The van der Waals surface area contributed by atoms with Crippen LogP contribution in [0.4, 0.5) is 4.39 Å². The van der Waals surface area contributed by atoms with Gasteiger partial charge >= 0.3 is 0 Å². The third-order valence-corrected chi connectivity index (χ3v) is 5.63. The van der Waals surface area contributed by atoms with Crippen molar-refractivity contribution in [1.29, 1.82) is 0 Å². The molecule has 138 valence electrons. The Morgan fingerprint density at radius 1 is 1.23 bits per heavy atom. The number of aromatic nitrogens is 1. The molecule has 1 spiro atoms. The van der Waals surface area contributed by atoms with Crippen LogP contribution < -0.4 is 0 Å². The van der Waals surface area contributed by atoms with Gasteiger partial charge in [0.05, 0.1) is 0 Å². The van der Waals surface area contributed by atoms with Crippen LogP contribution in [0.3, 0.4) is 0 Å². The molecule has 1 aromatic heterocycles. The van der Waals surface area contributed by atoms with Gasteiger partial charge in [-0.3, -0.25) is 9.69 Å². The Kier molecular flexibility index (Phi) is 4.53. The van der Waals surface area contributed by atoms with Crippen molar-refractivity contribution in [3.63, 3.8) is 0 Å². The molecule has 2 fully saturated rings. The molecule has 3 heterocycles.